The summed E-state index contributed by atoms with van der Waals surface area (Å²) < 4.78 is 11.4. The first-order valence-corrected chi connectivity index (χ1v) is 12.8. The second-order valence-electron chi connectivity index (χ2n) is 9.61. The fourth-order valence-corrected chi connectivity index (χ4v) is 5.62. The van der Waals surface area contributed by atoms with Crippen LogP contribution in [-0.2, 0) is 10.2 Å². The summed E-state index contributed by atoms with van der Waals surface area (Å²) in [5.74, 6) is 1.90. The van der Waals surface area contributed by atoms with E-state index in [0.29, 0.717) is 12.6 Å². The van der Waals surface area contributed by atoms with Gasteiger partial charge in [-0.2, -0.15) is 0 Å². The van der Waals surface area contributed by atoms with E-state index >= 15 is 0 Å². The van der Waals surface area contributed by atoms with Crippen molar-refractivity contribution in [1.29, 1.82) is 0 Å². The quantitative estimate of drug-likeness (QED) is 0.277. The normalized spacial score (nSPS) is 23.8. The van der Waals surface area contributed by atoms with Crippen LogP contribution >= 0.6 is 24.0 Å². The van der Waals surface area contributed by atoms with E-state index in [4.69, 9.17) is 14.5 Å². The summed E-state index contributed by atoms with van der Waals surface area (Å²) in [5, 5.41) is 7.25. The van der Waals surface area contributed by atoms with Crippen molar-refractivity contribution in [1.82, 2.24) is 15.5 Å². The fourth-order valence-electron chi connectivity index (χ4n) is 5.62. The van der Waals surface area contributed by atoms with Crippen molar-refractivity contribution in [2.24, 2.45) is 4.99 Å². The number of hydrogen-bond donors (Lipinski definition) is 2. The van der Waals surface area contributed by atoms with Gasteiger partial charge in [0.25, 0.3) is 0 Å². The monoisotopic (exact) mass is 570 g/mol. The third-order valence-corrected chi connectivity index (χ3v) is 7.51. The van der Waals surface area contributed by atoms with Crippen LogP contribution in [0.3, 0.4) is 0 Å². The zero-order chi connectivity index (χ0) is 22.2. The summed E-state index contributed by atoms with van der Waals surface area (Å²) >= 11 is 0. The number of nitrogens with zero attached hydrogens (tertiary/aromatic N) is 2. The summed E-state index contributed by atoms with van der Waals surface area (Å²) in [6, 6.07) is 9.94. The number of aliphatic imine (C=N–C) groups is 1. The predicted molar refractivity (Wildman–Crippen MR) is 146 cm³/mol. The van der Waals surface area contributed by atoms with Gasteiger partial charge in [0.2, 0.25) is 0 Å². The fraction of sp³-hybridized carbons (Fsp3) is 0.731. The van der Waals surface area contributed by atoms with Crippen molar-refractivity contribution >= 4 is 29.9 Å². The number of benzene rings is 1. The summed E-state index contributed by atoms with van der Waals surface area (Å²) in [7, 11) is 0. The maximum Gasteiger partial charge on any atom is 0.191 e. The number of guanidine groups is 1. The molecule has 186 valence electrons. The van der Waals surface area contributed by atoms with E-state index in [9.17, 15) is 0 Å². The Balaban J connectivity index is 0.00000306. The molecule has 0 aromatic heterocycles. The van der Waals surface area contributed by atoms with E-state index in [1.165, 1.54) is 44.2 Å². The molecule has 2 heterocycles. The zero-order valence-corrected chi connectivity index (χ0v) is 22.8. The molecule has 3 fully saturated rings. The number of halogens is 1. The molecule has 1 saturated carbocycles. The van der Waals surface area contributed by atoms with Gasteiger partial charge < -0.3 is 20.1 Å². The largest absolute Gasteiger partial charge is 0.494 e. The van der Waals surface area contributed by atoms with Gasteiger partial charge in [-0.05, 0) is 63.6 Å². The van der Waals surface area contributed by atoms with Gasteiger partial charge in [0, 0.05) is 50.3 Å². The molecular formula is C26H43IN4O2. The molecule has 2 N–H and O–H groups in total. The summed E-state index contributed by atoms with van der Waals surface area (Å²) in [6.07, 6.45) is 8.78. The van der Waals surface area contributed by atoms with Crippen molar-refractivity contribution < 1.29 is 9.47 Å². The van der Waals surface area contributed by atoms with Crippen molar-refractivity contribution in [2.45, 2.75) is 76.3 Å². The predicted octanol–water partition coefficient (Wildman–Crippen LogP) is 4.32. The lowest BCUT2D eigenvalue weighted by atomic mass is 9.74. The van der Waals surface area contributed by atoms with Gasteiger partial charge in [-0.15, -0.1) is 24.0 Å². The Hall–Kier alpha value is -1.06. The summed E-state index contributed by atoms with van der Waals surface area (Å²) in [6.45, 7) is 10.5. The summed E-state index contributed by atoms with van der Waals surface area (Å²) in [5.41, 5.74) is 1.37. The Morgan fingerprint density at radius 2 is 1.85 bits per heavy atom. The van der Waals surface area contributed by atoms with Crippen LogP contribution < -0.4 is 15.4 Å². The van der Waals surface area contributed by atoms with Crippen LogP contribution in [0.4, 0.5) is 0 Å². The molecule has 1 atom stereocenters. The van der Waals surface area contributed by atoms with Crippen LogP contribution in [0.1, 0.15) is 64.4 Å². The van der Waals surface area contributed by atoms with Gasteiger partial charge in [-0.3, -0.25) is 9.89 Å². The van der Waals surface area contributed by atoms with Crippen LogP contribution in [-0.4, -0.2) is 68.9 Å². The number of ether oxygens (including phenoxy) is 2. The molecule has 2 aliphatic heterocycles. The van der Waals surface area contributed by atoms with Crippen LogP contribution in [0.2, 0.25) is 0 Å². The molecule has 1 aromatic carbocycles. The average molecular weight is 571 g/mol. The van der Waals surface area contributed by atoms with E-state index in [0.717, 1.165) is 63.4 Å². The first-order chi connectivity index (χ1) is 15.7. The van der Waals surface area contributed by atoms with E-state index in [1.54, 1.807) is 0 Å². The lowest BCUT2D eigenvalue weighted by Gasteiger charge is -2.37. The van der Waals surface area contributed by atoms with Gasteiger partial charge >= 0.3 is 0 Å². The molecule has 0 radical (unpaired) electrons. The minimum absolute atomic E-state index is 0. The molecule has 1 aromatic rings. The Labute approximate surface area is 217 Å². The molecule has 0 spiro atoms. The second-order valence-corrected chi connectivity index (χ2v) is 9.61. The van der Waals surface area contributed by atoms with Gasteiger partial charge in [0.05, 0.1) is 13.2 Å². The van der Waals surface area contributed by atoms with Gasteiger partial charge in [-0.1, -0.05) is 25.0 Å². The van der Waals surface area contributed by atoms with Crippen molar-refractivity contribution in [2.75, 3.05) is 46.0 Å². The summed E-state index contributed by atoms with van der Waals surface area (Å²) in [4.78, 5) is 7.82. The van der Waals surface area contributed by atoms with Gasteiger partial charge in [-0.25, -0.2) is 0 Å². The SMILES string of the molecule is CCNC(=NCC1(c2ccc(OCC)cc2)CCOCC1)NC1CCN(C2CCCC2)C1.I. The molecule has 6 nitrogen and oxygen atoms in total. The Morgan fingerprint density at radius 1 is 1.12 bits per heavy atom. The van der Waals surface area contributed by atoms with E-state index in [1.807, 2.05) is 6.92 Å². The molecule has 4 rings (SSSR count). The van der Waals surface area contributed by atoms with Crippen molar-refractivity contribution in [3.05, 3.63) is 29.8 Å². The number of likely N-dealkylation sites (tertiary alicyclic amines) is 1. The number of rotatable bonds is 8. The molecular weight excluding hydrogens is 527 g/mol. The molecule has 0 amide bonds. The topological polar surface area (TPSA) is 58.1 Å². The van der Waals surface area contributed by atoms with Gasteiger partial charge in [0.1, 0.15) is 5.75 Å². The molecule has 3 aliphatic rings. The minimum atomic E-state index is 0. The van der Waals surface area contributed by atoms with Crippen LogP contribution in [0.5, 0.6) is 5.75 Å². The van der Waals surface area contributed by atoms with E-state index in [2.05, 4.69) is 46.7 Å². The lowest BCUT2D eigenvalue weighted by Crippen LogP contribution is -2.46. The van der Waals surface area contributed by atoms with Crippen molar-refractivity contribution in [3.8, 4) is 5.75 Å². The van der Waals surface area contributed by atoms with Crippen LogP contribution in [0, 0.1) is 0 Å². The Bertz CT molecular complexity index is 730. The Morgan fingerprint density at radius 3 is 2.52 bits per heavy atom. The third-order valence-electron chi connectivity index (χ3n) is 7.51. The minimum Gasteiger partial charge on any atom is -0.494 e. The lowest BCUT2D eigenvalue weighted by molar-refractivity contribution is 0.0531. The smallest absolute Gasteiger partial charge is 0.191 e. The van der Waals surface area contributed by atoms with Crippen molar-refractivity contribution in [3.63, 3.8) is 0 Å². The molecule has 1 unspecified atom stereocenters. The highest BCUT2D eigenvalue weighted by molar-refractivity contribution is 14.0. The molecule has 7 heteroatoms. The number of hydrogen-bond acceptors (Lipinski definition) is 4. The van der Waals surface area contributed by atoms with Gasteiger partial charge in [0.15, 0.2) is 5.96 Å². The highest BCUT2D eigenvalue weighted by atomic mass is 127. The second kappa shape index (κ2) is 13.1. The zero-order valence-electron chi connectivity index (χ0n) is 20.5. The standard InChI is InChI=1S/C26H42N4O2.HI/c1-3-27-25(29-22-13-16-30(19-22)23-7-5-6-8-23)28-20-26(14-17-31-18-15-26)21-9-11-24(12-10-21)32-4-2;/h9-12,22-23H,3-8,13-20H2,1-2H3,(H2,27,28,29);1H. The average Bonchev–Trinajstić information content (AvgIpc) is 3.51. The van der Waals surface area contributed by atoms with Crippen LogP contribution in [0.25, 0.3) is 0 Å². The maximum atomic E-state index is 5.72. The first-order valence-electron chi connectivity index (χ1n) is 12.8. The first kappa shape index (κ1) is 26.5. The maximum absolute atomic E-state index is 5.72. The highest BCUT2D eigenvalue weighted by Crippen LogP contribution is 2.36. The Kier molecular flexibility index (Phi) is 10.6. The third kappa shape index (κ3) is 6.98. The van der Waals surface area contributed by atoms with Crippen LogP contribution in [0.15, 0.2) is 29.3 Å². The molecule has 0 bridgehead atoms. The number of nitrogens with one attached hydrogen (secondary N) is 2. The highest BCUT2D eigenvalue weighted by Gasteiger charge is 2.35. The molecule has 33 heavy (non-hydrogen) atoms. The molecule has 1 aliphatic carbocycles. The van der Waals surface area contributed by atoms with E-state index < -0.39 is 0 Å². The van der Waals surface area contributed by atoms with E-state index in [-0.39, 0.29) is 29.4 Å². The molecule has 2 saturated heterocycles.